The van der Waals surface area contributed by atoms with Gasteiger partial charge in [0, 0.05) is 11.6 Å². The third-order valence-electron chi connectivity index (χ3n) is 2.62. The van der Waals surface area contributed by atoms with Crippen LogP contribution in [-0.4, -0.2) is 13.1 Å². The van der Waals surface area contributed by atoms with Crippen LogP contribution in [0, 0.1) is 0 Å². The molecule has 0 spiro atoms. The molecular weight excluding hydrogens is 266 g/mol. The second-order valence-electron chi connectivity index (χ2n) is 3.95. The Balaban J connectivity index is 1.88. The number of benzene rings is 1. The van der Waals surface area contributed by atoms with Crippen molar-refractivity contribution in [3.05, 3.63) is 58.5 Å². The summed E-state index contributed by atoms with van der Waals surface area (Å²) in [6.45, 7) is 1.15. The third-order valence-corrected chi connectivity index (χ3v) is 2.99. The summed E-state index contributed by atoms with van der Waals surface area (Å²) in [5.41, 5.74) is 1.02. The molecule has 0 amide bonds. The first-order valence-electron chi connectivity index (χ1n) is 5.82. The van der Waals surface area contributed by atoms with E-state index in [9.17, 15) is 4.79 Å². The van der Waals surface area contributed by atoms with Gasteiger partial charge in [-0.15, -0.1) is 0 Å². The van der Waals surface area contributed by atoms with Gasteiger partial charge in [0.25, 0.3) is 0 Å². The van der Waals surface area contributed by atoms with Crippen molar-refractivity contribution in [2.24, 2.45) is 0 Å². The molecule has 2 aromatic rings. The van der Waals surface area contributed by atoms with Crippen molar-refractivity contribution in [1.82, 2.24) is 5.32 Å². The van der Waals surface area contributed by atoms with E-state index in [1.165, 1.54) is 7.11 Å². The average molecular weight is 280 g/mol. The van der Waals surface area contributed by atoms with E-state index in [1.807, 2.05) is 24.3 Å². The molecule has 1 aromatic carbocycles. The van der Waals surface area contributed by atoms with Crippen LogP contribution in [0.2, 0.25) is 5.02 Å². The molecule has 0 aliphatic carbocycles. The molecule has 2 rings (SSSR count). The van der Waals surface area contributed by atoms with Gasteiger partial charge in [0.05, 0.1) is 13.7 Å². The van der Waals surface area contributed by atoms with Crippen molar-refractivity contribution < 1.29 is 13.9 Å². The minimum atomic E-state index is -0.475. The molecule has 1 N–H and O–H groups in total. The molecule has 0 radical (unpaired) electrons. The van der Waals surface area contributed by atoms with E-state index >= 15 is 0 Å². The van der Waals surface area contributed by atoms with Crippen molar-refractivity contribution in [3.63, 3.8) is 0 Å². The average Bonchev–Trinajstić information content (AvgIpc) is 2.89. The quantitative estimate of drug-likeness (QED) is 0.855. The summed E-state index contributed by atoms with van der Waals surface area (Å²) in [5.74, 6) is 0.404. The summed E-state index contributed by atoms with van der Waals surface area (Å²) in [6.07, 6.45) is 0. The number of hydrogen-bond acceptors (Lipinski definition) is 4. The smallest absolute Gasteiger partial charge is 0.373 e. The SMILES string of the molecule is COC(=O)c1ccc(CNCc2ccccc2Cl)o1. The Bertz CT molecular complexity index is 565. The van der Waals surface area contributed by atoms with Gasteiger partial charge in [0.2, 0.25) is 5.76 Å². The second-order valence-corrected chi connectivity index (χ2v) is 4.36. The van der Waals surface area contributed by atoms with Gasteiger partial charge in [0.15, 0.2) is 0 Å². The van der Waals surface area contributed by atoms with Crippen LogP contribution >= 0.6 is 11.6 Å². The largest absolute Gasteiger partial charge is 0.463 e. The predicted octanol–water partition coefficient (Wildman–Crippen LogP) is 3.01. The van der Waals surface area contributed by atoms with Crippen LogP contribution in [0.4, 0.5) is 0 Å². The normalized spacial score (nSPS) is 10.4. The molecule has 0 atom stereocenters. The van der Waals surface area contributed by atoms with Crippen LogP contribution < -0.4 is 5.32 Å². The van der Waals surface area contributed by atoms with Crippen LogP contribution in [0.1, 0.15) is 21.9 Å². The maximum Gasteiger partial charge on any atom is 0.373 e. The fourth-order valence-corrected chi connectivity index (χ4v) is 1.85. The highest BCUT2D eigenvalue weighted by atomic mass is 35.5. The molecule has 0 saturated heterocycles. The second kappa shape index (κ2) is 6.41. The van der Waals surface area contributed by atoms with Crippen LogP contribution in [-0.2, 0) is 17.8 Å². The minimum absolute atomic E-state index is 0.206. The number of methoxy groups -OCH3 is 1. The number of halogens is 1. The van der Waals surface area contributed by atoms with Crippen LogP contribution in [0.5, 0.6) is 0 Å². The van der Waals surface area contributed by atoms with Gasteiger partial charge in [-0.05, 0) is 23.8 Å². The van der Waals surface area contributed by atoms with Crippen molar-refractivity contribution >= 4 is 17.6 Å². The zero-order valence-corrected chi connectivity index (χ0v) is 11.2. The maximum absolute atomic E-state index is 11.2. The van der Waals surface area contributed by atoms with Gasteiger partial charge in [-0.3, -0.25) is 0 Å². The number of rotatable bonds is 5. The fraction of sp³-hybridized carbons (Fsp3) is 0.214. The molecule has 100 valence electrons. The molecule has 0 fully saturated rings. The molecule has 1 heterocycles. The molecular formula is C14H14ClNO3. The van der Waals surface area contributed by atoms with Gasteiger partial charge in [-0.25, -0.2) is 4.79 Å². The van der Waals surface area contributed by atoms with Crippen LogP contribution in [0.3, 0.4) is 0 Å². The molecule has 4 nitrogen and oxygen atoms in total. The Hall–Kier alpha value is -1.78. The van der Waals surface area contributed by atoms with E-state index in [2.05, 4.69) is 10.1 Å². The highest BCUT2D eigenvalue weighted by Crippen LogP contribution is 2.15. The van der Waals surface area contributed by atoms with E-state index in [0.29, 0.717) is 18.8 Å². The Morgan fingerprint density at radius 2 is 2.05 bits per heavy atom. The van der Waals surface area contributed by atoms with Gasteiger partial charge in [0.1, 0.15) is 5.76 Å². The molecule has 0 aliphatic rings. The van der Waals surface area contributed by atoms with Crippen LogP contribution in [0.25, 0.3) is 0 Å². The van der Waals surface area contributed by atoms with Gasteiger partial charge < -0.3 is 14.5 Å². The Morgan fingerprint density at radius 1 is 1.26 bits per heavy atom. The number of ether oxygens (including phenoxy) is 1. The lowest BCUT2D eigenvalue weighted by atomic mass is 10.2. The Kier molecular flexibility index (Phi) is 4.60. The van der Waals surface area contributed by atoms with E-state index < -0.39 is 5.97 Å². The summed E-state index contributed by atoms with van der Waals surface area (Å²) in [7, 11) is 1.32. The minimum Gasteiger partial charge on any atom is -0.463 e. The summed E-state index contributed by atoms with van der Waals surface area (Å²) in [6, 6.07) is 11.0. The lowest BCUT2D eigenvalue weighted by Crippen LogP contribution is -2.12. The van der Waals surface area contributed by atoms with Gasteiger partial charge >= 0.3 is 5.97 Å². The molecule has 0 aliphatic heterocycles. The fourth-order valence-electron chi connectivity index (χ4n) is 1.65. The number of hydrogen-bond donors (Lipinski definition) is 1. The van der Waals surface area contributed by atoms with E-state index in [0.717, 1.165) is 10.6 Å². The summed E-state index contributed by atoms with van der Waals surface area (Å²) in [5, 5.41) is 3.93. The Morgan fingerprint density at radius 3 is 2.79 bits per heavy atom. The lowest BCUT2D eigenvalue weighted by Gasteiger charge is -2.04. The van der Waals surface area contributed by atoms with Crippen LogP contribution in [0.15, 0.2) is 40.8 Å². The number of furan rings is 1. The highest BCUT2D eigenvalue weighted by Gasteiger charge is 2.10. The van der Waals surface area contributed by atoms with Gasteiger partial charge in [-0.1, -0.05) is 29.8 Å². The van der Waals surface area contributed by atoms with E-state index in [1.54, 1.807) is 12.1 Å². The van der Waals surface area contributed by atoms with Crippen molar-refractivity contribution in [1.29, 1.82) is 0 Å². The van der Waals surface area contributed by atoms with Gasteiger partial charge in [-0.2, -0.15) is 0 Å². The summed E-state index contributed by atoms with van der Waals surface area (Å²) < 4.78 is 9.90. The monoisotopic (exact) mass is 279 g/mol. The molecule has 0 saturated carbocycles. The van der Waals surface area contributed by atoms with E-state index in [4.69, 9.17) is 16.0 Å². The van der Waals surface area contributed by atoms with E-state index in [-0.39, 0.29) is 5.76 Å². The molecule has 19 heavy (non-hydrogen) atoms. The standard InChI is InChI=1S/C14H14ClNO3/c1-18-14(17)13-7-6-11(19-13)9-16-8-10-4-2-3-5-12(10)15/h2-7,16H,8-9H2,1H3. The summed E-state index contributed by atoms with van der Waals surface area (Å²) in [4.78, 5) is 11.2. The topological polar surface area (TPSA) is 51.5 Å². The molecule has 1 aromatic heterocycles. The number of carbonyl (C=O) groups is 1. The lowest BCUT2D eigenvalue weighted by molar-refractivity contribution is 0.0563. The summed E-state index contributed by atoms with van der Waals surface area (Å²) >= 11 is 6.05. The van der Waals surface area contributed by atoms with Crippen molar-refractivity contribution in [2.75, 3.05) is 7.11 Å². The first-order valence-corrected chi connectivity index (χ1v) is 6.19. The molecule has 5 heteroatoms. The zero-order chi connectivity index (χ0) is 13.7. The first-order chi connectivity index (χ1) is 9.20. The number of esters is 1. The molecule has 0 bridgehead atoms. The number of nitrogens with one attached hydrogen (secondary N) is 1. The van der Waals surface area contributed by atoms with Crippen molar-refractivity contribution in [3.8, 4) is 0 Å². The molecule has 0 unspecified atom stereocenters. The number of carbonyl (C=O) groups excluding carboxylic acids is 1. The predicted molar refractivity (Wildman–Crippen MR) is 72.0 cm³/mol. The maximum atomic E-state index is 11.2. The highest BCUT2D eigenvalue weighted by molar-refractivity contribution is 6.31. The first kappa shape index (κ1) is 13.6. The third kappa shape index (κ3) is 3.59. The zero-order valence-electron chi connectivity index (χ0n) is 10.5. The van der Waals surface area contributed by atoms with Crippen molar-refractivity contribution in [2.45, 2.75) is 13.1 Å². The Labute approximate surface area is 116 Å².